The van der Waals surface area contributed by atoms with Gasteiger partial charge in [-0.25, -0.2) is 4.79 Å². The molecule has 0 saturated carbocycles. The SMILES string of the molecule is C#CCN1C(=O)C(O)(CC(=C)C(=O)OC)c2ccccc21. The number of hydrogen-bond donors (Lipinski definition) is 1. The maximum Gasteiger partial charge on any atom is 0.333 e. The van der Waals surface area contributed by atoms with E-state index in [4.69, 9.17) is 6.42 Å². The van der Waals surface area contributed by atoms with Gasteiger partial charge in [0.1, 0.15) is 0 Å². The Bertz CT molecular complexity index is 658. The molecule has 21 heavy (non-hydrogen) atoms. The predicted octanol–water partition coefficient (Wildman–Crippen LogP) is 0.973. The van der Waals surface area contributed by atoms with Crippen LogP contribution >= 0.6 is 0 Å². The average Bonchev–Trinajstić information content (AvgIpc) is 2.69. The summed E-state index contributed by atoms with van der Waals surface area (Å²) in [5.41, 5.74) is -0.875. The molecule has 1 atom stereocenters. The monoisotopic (exact) mass is 285 g/mol. The molecule has 1 aliphatic rings. The molecule has 0 spiro atoms. The van der Waals surface area contributed by atoms with Gasteiger partial charge in [-0.2, -0.15) is 0 Å². The smallest absolute Gasteiger partial charge is 0.333 e. The van der Waals surface area contributed by atoms with E-state index in [0.29, 0.717) is 11.3 Å². The largest absolute Gasteiger partial charge is 0.466 e. The number of esters is 1. The summed E-state index contributed by atoms with van der Waals surface area (Å²) in [6.45, 7) is 3.61. The van der Waals surface area contributed by atoms with Crippen LogP contribution in [0.3, 0.4) is 0 Å². The molecule has 1 aromatic rings. The first-order valence-electron chi connectivity index (χ1n) is 6.29. The summed E-state index contributed by atoms with van der Waals surface area (Å²) in [5.74, 6) is 1.16. The summed E-state index contributed by atoms with van der Waals surface area (Å²) in [6.07, 6.45) is 5.03. The molecule has 1 amide bonds. The minimum absolute atomic E-state index is 0.0192. The van der Waals surface area contributed by atoms with E-state index in [-0.39, 0.29) is 18.5 Å². The number of terminal acetylenes is 1. The fourth-order valence-corrected chi connectivity index (χ4v) is 2.45. The van der Waals surface area contributed by atoms with E-state index in [9.17, 15) is 14.7 Å². The van der Waals surface area contributed by atoms with Crippen LogP contribution in [0.2, 0.25) is 0 Å². The lowest BCUT2D eigenvalue weighted by Gasteiger charge is -2.22. The van der Waals surface area contributed by atoms with Crippen LogP contribution in [0.4, 0.5) is 5.69 Å². The van der Waals surface area contributed by atoms with Crippen LogP contribution < -0.4 is 4.90 Å². The van der Waals surface area contributed by atoms with Crippen molar-refractivity contribution in [3.8, 4) is 12.3 Å². The Kier molecular flexibility index (Phi) is 3.83. The first-order valence-corrected chi connectivity index (χ1v) is 6.29. The van der Waals surface area contributed by atoms with Crippen molar-refractivity contribution in [1.29, 1.82) is 0 Å². The van der Waals surface area contributed by atoms with E-state index in [1.807, 2.05) is 0 Å². The van der Waals surface area contributed by atoms with Crippen LogP contribution in [0.15, 0.2) is 36.4 Å². The summed E-state index contributed by atoms with van der Waals surface area (Å²) < 4.78 is 4.56. The van der Waals surface area contributed by atoms with Crippen LogP contribution in [0, 0.1) is 12.3 Å². The van der Waals surface area contributed by atoms with Crippen LogP contribution in [0.25, 0.3) is 0 Å². The number of carbonyl (C=O) groups is 2. The lowest BCUT2D eigenvalue weighted by Crippen LogP contribution is -2.41. The van der Waals surface area contributed by atoms with Crippen LogP contribution in [-0.4, -0.2) is 30.6 Å². The molecule has 2 rings (SSSR count). The highest BCUT2D eigenvalue weighted by Crippen LogP contribution is 2.43. The molecule has 1 aliphatic heterocycles. The summed E-state index contributed by atoms with van der Waals surface area (Å²) in [4.78, 5) is 25.3. The highest BCUT2D eigenvalue weighted by Gasteiger charge is 2.50. The minimum Gasteiger partial charge on any atom is -0.466 e. The Balaban J connectivity index is 2.44. The van der Waals surface area contributed by atoms with Gasteiger partial charge in [0.2, 0.25) is 0 Å². The number of aliphatic hydroxyl groups is 1. The van der Waals surface area contributed by atoms with Crippen molar-refractivity contribution < 1.29 is 19.4 Å². The van der Waals surface area contributed by atoms with E-state index >= 15 is 0 Å². The third-order valence-electron chi connectivity index (χ3n) is 3.43. The molecular weight excluding hydrogens is 270 g/mol. The molecule has 0 fully saturated rings. The highest BCUT2D eigenvalue weighted by molar-refractivity contribution is 6.08. The van der Waals surface area contributed by atoms with Crippen LogP contribution in [0.5, 0.6) is 0 Å². The molecule has 0 aromatic heterocycles. The Hall–Kier alpha value is -2.58. The fraction of sp³-hybridized carbons (Fsp3) is 0.250. The molecular formula is C16H15NO4. The lowest BCUT2D eigenvalue weighted by molar-refractivity contribution is -0.139. The van der Waals surface area contributed by atoms with Gasteiger partial charge in [0.15, 0.2) is 5.60 Å². The van der Waals surface area contributed by atoms with E-state index in [0.717, 1.165) is 0 Å². The second-order valence-corrected chi connectivity index (χ2v) is 4.74. The normalized spacial score (nSPS) is 19.9. The summed E-state index contributed by atoms with van der Waals surface area (Å²) in [7, 11) is 1.21. The number of ether oxygens (including phenoxy) is 1. The van der Waals surface area contributed by atoms with Crippen molar-refractivity contribution in [3.05, 3.63) is 42.0 Å². The van der Waals surface area contributed by atoms with Crippen molar-refractivity contribution in [1.82, 2.24) is 0 Å². The topological polar surface area (TPSA) is 66.8 Å². The maximum absolute atomic E-state index is 12.5. The average molecular weight is 285 g/mol. The van der Waals surface area contributed by atoms with Crippen LogP contribution in [-0.2, 0) is 19.9 Å². The number of methoxy groups -OCH3 is 1. The number of fused-ring (bicyclic) bond motifs is 1. The Morgan fingerprint density at radius 2 is 2.19 bits per heavy atom. The Morgan fingerprint density at radius 3 is 2.81 bits per heavy atom. The van der Waals surface area contributed by atoms with Crippen molar-refractivity contribution in [2.24, 2.45) is 0 Å². The Morgan fingerprint density at radius 1 is 1.52 bits per heavy atom. The third-order valence-corrected chi connectivity index (χ3v) is 3.43. The van der Waals surface area contributed by atoms with Gasteiger partial charge in [-0.05, 0) is 6.07 Å². The van der Waals surface area contributed by atoms with E-state index in [1.165, 1.54) is 12.0 Å². The third kappa shape index (κ3) is 2.30. The molecule has 0 aliphatic carbocycles. The van der Waals surface area contributed by atoms with Crippen molar-refractivity contribution >= 4 is 17.6 Å². The molecule has 1 aromatic carbocycles. The second-order valence-electron chi connectivity index (χ2n) is 4.74. The number of para-hydroxylation sites is 1. The minimum atomic E-state index is -1.85. The van der Waals surface area contributed by atoms with Gasteiger partial charge in [-0.1, -0.05) is 30.7 Å². The van der Waals surface area contributed by atoms with E-state index in [2.05, 4.69) is 17.2 Å². The molecule has 1 N–H and O–H groups in total. The molecule has 5 nitrogen and oxygen atoms in total. The molecule has 0 bridgehead atoms. The maximum atomic E-state index is 12.5. The number of amides is 1. The van der Waals surface area contributed by atoms with E-state index in [1.54, 1.807) is 24.3 Å². The zero-order chi connectivity index (χ0) is 15.6. The molecule has 5 heteroatoms. The highest BCUT2D eigenvalue weighted by atomic mass is 16.5. The molecule has 0 saturated heterocycles. The standard InChI is InChI=1S/C16H15NO4/c1-4-9-17-13-8-6-5-7-12(13)16(20,15(17)19)10-11(2)14(18)21-3/h1,5-8,20H,2,9-10H2,3H3. The van der Waals surface area contributed by atoms with Gasteiger partial charge in [-0.3, -0.25) is 9.69 Å². The number of anilines is 1. The van der Waals surface area contributed by atoms with Gasteiger partial charge in [-0.15, -0.1) is 6.42 Å². The number of nitrogens with zero attached hydrogens (tertiary/aromatic N) is 1. The Labute approximate surface area is 122 Å². The number of hydrogen-bond acceptors (Lipinski definition) is 4. The van der Waals surface area contributed by atoms with Gasteiger partial charge in [0.05, 0.1) is 19.3 Å². The molecule has 1 heterocycles. The fourth-order valence-electron chi connectivity index (χ4n) is 2.45. The summed E-state index contributed by atoms with van der Waals surface area (Å²) in [6, 6.07) is 6.78. The second kappa shape index (κ2) is 5.43. The van der Waals surface area contributed by atoms with Gasteiger partial charge < -0.3 is 9.84 Å². The number of carbonyl (C=O) groups excluding carboxylic acids is 2. The first kappa shape index (κ1) is 14.8. The van der Waals surface area contributed by atoms with Gasteiger partial charge >= 0.3 is 5.97 Å². The van der Waals surface area contributed by atoms with Crippen LogP contribution in [0.1, 0.15) is 12.0 Å². The molecule has 1 unspecified atom stereocenters. The first-order chi connectivity index (χ1) is 9.95. The van der Waals surface area contributed by atoms with Crippen molar-refractivity contribution in [2.75, 3.05) is 18.6 Å². The number of rotatable bonds is 4. The molecule has 0 radical (unpaired) electrons. The summed E-state index contributed by atoms with van der Waals surface area (Å²) >= 11 is 0. The quantitative estimate of drug-likeness (QED) is 0.508. The molecule has 108 valence electrons. The zero-order valence-electron chi connectivity index (χ0n) is 11.6. The number of benzene rings is 1. The van der Waals surface area contributed by atoms with Crippen molar-refractivity contribution in [2.45, 2.75) is 12.0 Å². The zero-order valence-corrected chi connectivity index (χ0v) is 11.6. The van der Waals surface area contributed by atoms with E-state index < -0.39 is 17.5 Å². The predicted molar refractivity (Wildman–Crippen MR) is 77.3 cm³/mol. The van der Waals surface area contributed by atoms with Gasteiger partial charge in [0.25, 0.3) is 5.91 Å². The summed E-state index contributed by atoms with van der Waals surface area (Å²) in [5, 5.41) is 10.8. The van der Waals surface area contributed by atoms with Gasteiger partial charge in [0, 0.05) is 17.6 Å². The van der Waals surface area contributed by atoms with Crippen molar-refractivity contribution in [3.63, 3.8) is 0 Å². The lowest BCUT2D eigenvalue weighted by atomic mass is 9.88.